The minimum atomic E-state index is -0.678. The number of benzene rings is 1. The van der Waals surface area contributed by atoms with E-state index in [0.717, 1.165) is 16.6 Å². The summed E-state index contributed by atoms with van der Waals surface area (Å²) in [6.45, 7) is 3.87. The Morgan fingerprint density at radius 1 is 1.23 bits per heavy atom. The number of para-hydroxylation sites is 1. The maximum Gasteiger partial charge on any atom is 0.429 e. The second kappa shape index (κ2) is 7.95. The van der Waals surface area contributed by atoms with Crippen LogP contribution in [0.1, 0.15) is 31.9 Å². The fourth-order valence-electron chi connectivity index (χ4n) is 3.21. The molecule has 1 aromatic carbocycles. The van der Waals surface area contributed by atoms with Crippen molar-refractivity contribution in [2.45, 2.75) is 32.2 Å². The van der Waals surface area contributed by atoms with Gasteiger partial charge in [-0.3, -0.25) is 0 Å². The molecule has 7 heteroatoms. The molecule has 0 saturated carbocycles. The molecule has 0 unspecified atom stereocenters. The van der Waals surface area contributed by atoms with Crippen molar-refractivity contribution in [1.82, 2.24) is 15.4 Å². The number of rotatable bonds is 4. The average Bonchev–Trinajstić information content (AvgIpc) is 3.26. The van der Waals surface area contributed by atoms with Crippen molar-refractivity contribution < 1.29 is 19.1 Å². The number of hydrazine groups is 1. The van der Waals surface area contributed by atoms with Crippen molar-refractivity contribution in [2.75, 3.05) is 13.2 Å². The van der Waals surface area contributed by atoms with Crippen LogP contribution >= 0.6 is 0 Å². The lowest BCUT2D eigenvalue weighted by molar-refractivity contribution is 0.0539. The zero-order valence-corrected chi connectivity index (χ0v) is 14.9. The Kier molecular flexibility index (Phi) is 5.46. The first kappa shape index (κ1) is 17.8. The predicted molar refractivity (Wildman–Crippen MR) is 97.6 cm³/mol. The Bertz CT molecular complexity index is 781. The summed E-state index contributed by atoms with van der Waals surface area (Å²) in [5.41, 5.74) is 4.53. The smallest absolute Gasteiger partial charge is 0.429 e. The molecule has 7 nitrogen and oxygen atoms in total. The van der Waals surface area contributed by atoms with E-state index in [1.807, 2.05) is 36.4 Å². The Balaban J connectivity index is 1.86. The molecule has 1 aliphatic rings. The molecule has 0 fully saturated rings. The maximum absolute atomic E-state index is 12.4. The van der Waals surface area contributed by atoms with Gasteiger partial charge in [-0.05, 0) is 37.8 Å². The van der Waals surface area contributed by atoms with Crippen molar-refractivity contribution in [3.8, 4) is 0 Å². The number of carbonyl (C=O) groups is 2. The number of nitrogens with one attached hydrogen (secondary N) is 2. The first-order valence-corrected chi connectivity index (χ1v) is 8.77. The number of aromatic nitrogens is 1. The van der Waals surface area contributed by atoms with Crippen LogP contribution in [0.25, 0.3) is 10.9 Å². The van der Waals surface area contributed by atoms with Crippen LogP contribution in [-0.4, -0.2) is 41.4 Å². The topological polar surface area (TPSA) is 83.7 Å². The second-order valence-electron chi connectivity index (χ2n) is 5.97. The number of nitrogens with zero attached hydrogens (tertiary/aromatic N) is 1. The van der Waals surface area contributed by atoms with E-state index in [1.165, 1.54) is 5.01 Å². The van der Waals surface area contributed by atoms with Gasteiger partial charge >= 0.3 is 12.2 Å². The molecule has 138 valence electrons. The van der Waals surface area contributed by atoms with E-state index in [2.05, 4.69) is 16.5 Å². The summed E-state index contributed by atoms with van der Waals surface area (Å²) in [4.78, 5) is 27.7. The van der Waals surface area contributed by atoms with Gasteiger partial charge in [0.25, 0.3) is 0 Å². The zero-order valence-electron chi connectivity index (χ0n) is 14.9. The molecule has 26 heavy (non-hydrogen) atoms. The van der Waals surface area contributed by atoms with Gasteiger partial charge in [0.1, 0.15) is 0 Å². The first-order chi connectivity index (χ1) is 12.6. The molecular formula is C19H23N3O4. The lowest BCUT2D eigenvalue weighted by atomic mass is 9.99. The highest BCUT2D eigenvalue weighted by molar-refractivity contribution is 5.80. The van der Waals surface area contributed by atoms with E-state index in [9.17, 15) is 9.59 Å². The van der Waals surface area contributed by atoms with Crippen molar-refractivity contribution >= 4 is 23.1 Å². The third-order valence-corrected chi connectivity index (χ3v) is 4.33. The summed E-state index contributed by atoms with van der Waals surface area (Å²) >= 11 is 0. The number of fused-ring (bicyclic) bond motifs is 1. The second-order valence-corrected chi connectivity index (χ2v) is 5.97. The number of amides is 2. The maximum atomic E-state index is 12.4. The van der Waals surface area contributed by atoms with E-state index in [4.69, 9.17) is 9.47 Å². The molecule has 1 aliphatic carbocycles. The highest BCUT2D eigenvalue weighted by Crippen LogP contribution is 2.33. The standard InChI is InChI=1S/C19H23N3O4/c1-3-25-18(23)21-22(19(24)26-4-2)17-11-7-9-14(17)16-12-13-8-5-6-10-15(13)20-16/h5-10,12,14,17,20H,3-4,11H2,1-2H3,(H,21,23)/t14-,17+/m1/s1. The molecule has 2 N–H and O–H groups in total. The van der Waals surface area contributed by atoms with Crippen LogP contribution in [0, 0.1) is 0 Å². The van der Waals surface area contributed by atoms with Crippen molar-refractivity contribution in [1.29, 1.82) is 0 Å². The summed E-state index contributed by atoms with van der Waals surface area (Å²) in [6.07, 6.45) is 3.36. The molecule has 2 amide bonds. The van der Waals surface area contributed by atoms with Crippen molar-refractivity contribution in [3.05, 3.63) is 48.2 Å². The zero-order chi connectivity index (χ0) is 18.5. The quantitative estimate of drug-likeness (QED) is 0.645. The number of H-pyrrole nitrogens is 1. The van der Waals surface area contributed by atoms with Gasteiger partial charge in [-0.2, -0.15) is 0 Å². The number of hydrogen-bond donors (Lipinski definition) is 2. The molecule has 3 rings (SSSR count). The summed E-state index contributed by atoms with van der Waals surface area (Å²) in [6, 6.07) is 9.75. The van der Waals surface area contributed by atoms with Crippen molar-refractivity contribution in [2.24, 2.45) is 0 Å². The summed E-state index contributed by atoms with van der Waals surface area (Å²) < 4.78 is 10.0. The molecule has 0 spiro atoms. The lowest BCUT2D eigenvalue weighted by Crippen LogP contribution is -2.53. The molecule has 0 saturated heterocycles. The Morgan fingerprint density at radius 3 is 2.73 bits per heavy atom. The minimum Gasteiger partial charge on any atom is -0.449 e. The van der Waals surface area contributed by atoms with Crippen LogP contribution in [0.4, 0.5) is 9.59 Å². The summed E-state index contributed by atoms with van der Waals surface area (Å²) in [5.74, 6) is -0.0891. The molecule has 0 bridgehead atoms. The van der Waals surface area contributed by atoms with Gasteiger partial charge in [-0.25, -0.2) is 20.0 Å². The van der Waals surface area contributed by atoms with Crippen molar-refractivity contribution in [3.63, 3.8) is 0 Å². The van der Waals surface area contributed by atoms with Gasteiger partial charge in [0.05, 0.1) is 19.3 Å². The molecule has 0 aliphatic heterocycles. The largest absolute Gasteiger partial charge is 0.449 e. The number of aromatic amines is 1. The molecule has 0 radical (unpaired) electrons. The van der Waals surface area contributed by atoms with E-state index in [-0.39, 0.29) is 25.2 Å². The Labute approximate surface area is 151 Å². The van der Waals surface area contributed by atoms with Gasteiger partial charge in [-0.1, -0.05) is 30.4 Å². The lowest BCUT2D eigenvalue weighted by Gasteiger charge is -2.31. The highest BCUT2D eigenvalue weighted by atomic mass is 16.6. The highest BCUT2D eigenvalue weighted by Gasteiger charge is 2.36. The fraction of sp³-hybridized carbons (Fsp3) is 0.368. The number of hydrogen-bond acceptors (Lipinski definition) is 4. The van der Waals surface area contributed by atoms with E-state index in [1.54, 1.807) is 13.8 Å². The predicted octanol–water partition coefficient (Wildman–Crippen LogP) is 3.70. The first-order valence-electron chi connectivity index (χ1n) is 8.77. The number of carbonyl (C=O) groups excluding carboxylic acids is 2. The fourth-order valence-corrected chi connectivity index (χ4v) is 3.21. The third kappa shape index (κ3) is 3.66. The summed E-state index contributed by atoms with van der Waals surface area (Å²) in [5, 5.41) is 2.33. The van der Waals surface area contributed by atoms with E-state index in [0.29, 0.717) is 6.42 Å². The van der Waals surface area contributed by atoms with Crippen LogP contribution in [0.15, 0.2) is 42.5 Å². The van der Waals surface area contributed by atoms with Crippen LogP contribution in [0.2, 0.25) is 0 Å². The summed E-state index contributed by atoms with van der Waals surface area (Å²) in [7, 11) is 0. The van der Waals surface area contributed by atoms with Gasteiger partial charge in [0.2, 0.25) is 0 Å². The Morgan fingerprint density at radius 2 is 2.00 bits per heavy atom. The van der Waals surface area contributed by atoms with Gasteiger partial charge < -0.3 is 14.5 Å². The van der Waals surface area contributed by atoms with E-state index >= 15 is 0 Å². The van der Waals surface area contributed by atoms with Crippen LogP contribution < -0.4 is 5.43 Å². The molecule has 1 aromatic heterocycles. The van der Waals surface area contributed by atoms with Gasteiger partial charge in [0, 0.05) is 17.1 Å². The minimum absolute atomic E-state index is 0.0891. The molecule has 2 atom stereocenters. The SMILES string of the molecule is CCOC(=O)NN(C(=O)OCC)[C@H]1CC=C[C@@H]1c1cc2ccccc2[nH]1. The normalized spacial score (nSPS) is 18.7. The van der Waals surface area contributed by atoms with E-state index < -0.39 is 12.2 Å². The molecule has 2 aromatic rings. The van der Waals surface area contributed by atoms with Crippen LogP contribution in [0.5, 0.6) is 0 Å². The third-order valence-electron chi connectivity index (χ3n) is 4.33. The molecule has 1 heterocycles. The monoisotopic (exact) mass is 357 g/mol. The van der Waals surface area contributed by atoms with Crippen LogP contribution in [0.3, 0.4) is 0 Å². The Hall–Kier alpha value is -2.96. The van der Waals surface area contributed by atoms with Gasteiger partial charge in [-0.15, -0.1) is 0 Å². The van der Waals surface area contributed by atoms with Crippen LogP contribution in [-0.2, 0) is 9.47 Å². The average molecular weight is 357 g/mol. The molecular weight excluding hydrogens is 334 g/mol. The number of ether oxygens (including phenoxy) is 2. The van der Waals surface area contributed by atoms with Gasteiger partial charge in [0.15, 0.2) is 0 Å².